The maximum Gasteiger partial charge on any atom is 0.269 e. The molecule has 75 valence electrons. The van der Waals surface area contributed by atoms with E-state index in [9.17, 15) is 10.1 Å². The highest BCUT2D eigenvalue weighted by Crippen LogP contribution is 2.23. The van der Waals surface area contributed by atoms with Crippen molar-refractivity contribution in [2.24, 2.45) is 0 Å². The maximum absolute atomic E-state index is 10.5. The summed E-state index contributed by atoms with van der Waals surface area (Å²) in [7, 11) is 0. The van der Waals surface area contributed by atoms with E-state index in [1.54, 1.807) is 13.0 Å². The Morgan fingerprint density at radius 2 is 2.21 bits per heavy atom. The van der Waals surface area contributed by atoms with Crippen LogP contribution in [-0.4, -0.2) is 16.6 Å². The van der Waals surface area contributed by atoms with Gasteiger partial charge in [0.15, 0.2) is 0 Å². The first-order chi connectivity index (χ1) is 6.56. The Morgan fingerprint density at radius 3 is 2.71 bits per heavy atom. The lowest BCUT2D eigenvalue weighted by Crippen LogP contribution is -2.03. The molecule has 1 aromatic rings. The average molecular weight is 194 g/mol. The van der Waals surface area contributed by atoms with Gasteiger partial charge >= 0.3 is 0 Å². The van der Waals surface area contributed by atoms with Crippen molar-refractivity contribution in [1.82, 2.24) is 0 Å². The molecular formula is C10H12NO3. The molecule has 0 saturated carbocycles. The van der Waals surface area contributed by atoms with Gasteiger partial charge in [0.25, 0.3) is 5.69 Å². The van der Waals surface area contributed by atoms with Crippen molar-refractivity contribution < 1.29 is 10.0 Å². The molecule has 4 nitrogen and oxygen atoms in total. The Labute approximate surface area is 82.3 Å². The second kappa shape index (κ2) is 4.19. The largest absolute Gasteiger partial charge is 0.395 e. The van der Waals surface area contributed by atoms with Gasteiger partial charge in [-0.1, -0.05) is 13.0 Å². The number of nitro benzene ring substituents is 1. The van der Waals surface area contributed by atoms with Gasteiger partial charge in [0.2, 0.25) is 0 Å². The molecule has 0 aliphatic carbocycles. The minimum atomic E-state index is -0.437. The van der Waals surface area contributed by atoms with Crippen molar-refractivity contribution in [3.63, 3.8) is 0 Å². The molecule has 0 amide bonds. The van der Waals surface area contributed by atoms with Crippen LogP contribution in [0, 0.1) is 23.0 Å². The summed E-state index contributed by atoms with van der Waals surface area (Å²) >= 11 is 0. The number of non-ortho nitro benzene ring substituents is 1. The van der Waals surface area contributed by atoms with Crippen LogP contribution in [0.4, 0.5) is 5.69 Å². The molecule has 1 aromatic carbocycles. The molecule has 0 aromatic heterocycles. The Morgan fingerprint density at radius 1 is 1.57 bits per heavy atom. The van der Waals surface area contributed by atoms with Gasteiger partial charge in [0, 0.05) is 18.1 Å². The average Bonchev–Trinajstić information content (AvgIpc) is 2.17. The first-order valence-electron chi connectivity index (χ1n) is 4.25. The molecule has 1 radical (unpaired) electrons. The van der Waals surface area contributed by atoms with Crippen LogP contribution in [-0.2, 0) is 0 Å². The molecule has 0 aliphatic heterocycles. The molecule has 0 bridgehead atoms. The number of nitro groups is 1. The van der Waals surface area contributed by atoms with E-state index in [-0.39, 0.29) is 12.3 Å². The molecule has 14 heavy (non-hydrogen) atoms. The number of hydrogen-bond donors (Lipinski definition) is 1. The van der Waals surface area contributed by atoms with Gasteiger partial charge in [-0.25, -0.2) is 0 Å². The summed E-state index contributed by atoms with van der Waals surface area (Å²) in [5.74, 6) is 0.742. The number of nitrogens with zero attached hydrogens (tertiary/aromatic N) is 1. The summed E-state index contributed by atoms with van der Waals surface area (Å²) in [6.45, 7) is 3.53. The van der Waals surface area contributed by atoms with E-state index in [4.69, 9.17) is 5.11 Å². The standard InChI is InChI=1S/C10H12NO3/c1-7-3-4-9(11(13)14)5-10(7)8(2)6-12/h3-5,12H,6H2,1-2H3. The van der Waals surface area contributed by atoms with Crippen molar-refractivity contribution in [1.29, 1.82) is 0 Å². The maximum atomic E-state index is 10.5. The van der Waals surface area contributed by atoms with Gasteiger partial charge in [0.05, 0.1) is 11.5 Å². The molecule has 0 atom stereocenters. The van der Waals surface area contributed by atoms with E-state index < -0.39 is 4.92 Å². The van der Waals surface area contributed by atoms with Gasteiger partial charge in [-0.3, -0.25) is 10.1 Å². The van der Waals surface area contributed by atoms with Gasteiger partial charge in [-0.05, 0) is 18.1 Å². The molecular weight excluding hydrogens is 182 g/mol. The van der Waals surface area contributed by atoms with Crippen LogP contribution in [0.1, 0.15) is 18.1 Å². The molecule has 0 unspecified atom stereocenters. The first-order valence-corrected chi connectivity index (χ1v) is 4.25. The van der Waals surface area contributed by atoms with E-state index in [0.717, 1.165) is 17.0 Å². The van der Waals surface area contributed by atoms with Gasteiger partial charge < -0.3 is 5.11 Å². The van der Waals surface area contributed by atoms with Gasteiger partial charge in [0.1, 0.15) is 0 Å². The lowest BCUT2D eigenvalue weighted by Gasteiger charge is -2.10. The summed E-state index contributed by atoms with van der Waals surface area (Å²) in [6.07, 6.45) is 0. The zero-order valence-corrected chi connectivity index (χ0v) is 8.15. The quantitative estimate of drug-likeness (QED) is 0.589. The number of aliphatic hydroxyl groups excluding tert-OH is 1. The second-order valence-corrected chi connectivity index (χ2v) is 3.19. The van der Waals surface area contributed by atoms with E-state index >= 15 is 0 Å². The fourth-order valence-corrected chi connectivity index (χ4v) is 1.27. The smallest absolute Gasteiger partial charge is 0.269 e. The third-order valence-corrected chi connectivity index (χ3v) is 2.13. The molecule has 4 heteroatoms. The third-order valence-electron chi connectivity index (χ3n) is 2.13. The molecule has 0 fully saturated rings. The molecule has 0 spiro atoms. The molecule has 0 heterocycles. The predicted octanol–water partition coefficient (Wildman–Crippen LogP) is 1.84. The number of benzene rings is 1. The third kappa shape index (κ3) is 2.09. The topological polar surface area (TPSA) is 63.4 Å². The normalized spacial score (nSPS) is 10.6. The highest BCUT2D eigenvalue weighted by Gasteiger charge is 2.13. The Balaban J connectivity index is 3.14. The lowest BCUT2D eigenvalue weighted by molar-refractivity contribution is -0.384. The van der Waals surface area contributed by atoms with E-state index in [1.807, 2.05) is 6.92 Å². The first kappa shape index (κ1) is 10.7. The summed E-state index contributed by atoms with van der Waals surface area (Å²) in [5, 5.41) is 19.4. The van der Waals surface area contributed by atoms with Crippen molar-refractivity contribution in [2.45, 2.75) is 13.8 Å². The summed E-state index contributed by atoms with van der Waals surface area (Å²) < 4.78 is 0. The molecule has 0 saturated heterocycles. The lowest BCUT2D eigenvalue weighted by atomic mass is 9.97. The van der Waals surface area contributed by atoms with Crippen molar-refractivity contribution in [2.75, 3.05) is 6.61 Å². The number of aliphatic hydroxyl groups is 1. The monoisotopic (exact) mass is 194 g/mol. The fraction of sp³-hybridized carbons (Fsp3) is 0.300. The van der Waals surface area contributed by atoms with Crippen LogP contribution in [0.25, 0.3) is 0 Å². The summed E-state index contributed by atoms with van der Waals surface area (Å²) in [5.41, 5.74) is 1.74. The Kier molecular flexibility index (Phi) is 3.19. The molecule has 0 aliphatic rings. The van der Waals surface area contributed by atoms with Crippen LogP contribution in [0.3, 0.4) is 0 Å². The highest BCUT2D eigenvalue weighted by atomic mass is 16.6. The Hall–Kier alpha value is -1.42. The van der Waals surface area contributed by atoms with Crippen molar-refractivity contribution >= 4 is 5.69 Å². The number of rotatable bonds is 3. The molecule has 1 rings (SSSR count). The van der Waals surface area contributed by atoms with E-state index in [2.05, 4.69) is 0 Å². The van der Waals surface area contributed by atoms with Crippen LogP contribution >= 0.6 is 0 Å². The Bertz CT molecular complexity index is 349. The summed E-state index contributed by atoms with van der Waals surface area (Å²) in [4.78, 5) is 10.1. The number of hydrogen-bond acceptors (Lipinski definition) is 3. The number of aryl methyl sites for hydroxylation is 1. The zero-order chi connectivity index (χ0) is 10.7. The van der Waals surface area contributed by atoms with Crippen molar-refractivity contribution in [3.05, 3.63) is 45.4 Å². The minimum Gasteiger partial charge on any atom is -0.395 e. The molecule has 1 N–H and O–H groups in total. The van der Waals surface area contributed by atoms with Gasteiger partial charge in [-0.15, -0.1) is 0 Å². The van der Waals surface area contributed by atoms with Crippen molar-refractivity contribution in [3.8, 4) is 0 Å². The highest BCUT2D eigenvalue weighted by molar-refractivity contribution is 5.45. The minimum absolute atomic E-state index is 0.0541. The van der Waals surface area contributed by atoms with E-state index in [1.165, 1.54) is 12.1 Å². The van der Waals surface area contributed by atoms with Crippen LogP contribution in [0.5, 0.6) is 0 Å². The second-order valence-electron chi connectivity index (χ2n) is 3.19. The van der Waals surface area contributed by atoms with Gasteiger partial charge in [-0.2, -0.15) is 0 Å². The summed E-state index contributed by atoms with van der Waals surface area (Å²) in [6, 6.07) is 4.64. The van der Waals surface area contributed by atoms with Crippen LogP contribution in [0.2, 0.25) is 0 Å². The predicted molar refractivity (Wildman–Crippen MR) is 52.9 cm³/mol. The SMILES string of the molecule is C[C](CO)c1cc([N+](=O)[O-])ccc1C. The van der Waals surface area contributed by atoms with Crippen LogP contribution < -0.4 is 0 Å². The zero-order valence-electron chi connectivity index (χ0n) is 8.15. The van der Waals surface area contributed by atoms with E-state index in [0.29, 0.717) is 0 Å². The van der Waals surface area contributed by atoms with Crippen LogP contribution in [0.15, 0.2) is 18.2 Å². The fourth-order valence-electron chi connectivity index (χ4n) is 1.27.